The number of fused-ring (bicyclic) bond motifs is 1. The van der Waals surface area contributed by atoms with Gasteiger partial charge in [-0.3, -0.25) is 71.9 Å². The third-order valence-electron chi connectivity index (χ3n) is 12.5. The molecule has 2 rings (SSSR count). The minimum absolute atomic E-state index is 0.131. The lowest BCUT2D eigenvalue weighted by molar-refractivity contribution is -0.145. The number of carbonyl (C=O) groups is 16. The van der Waals surface area contributed by atoms with E-state index in [9.17, 15) is 102 Å². The molecular formula is C50H74N16O21. The number of aliphatic hydroxyl groups is 2. The maximum Gasteiger partial charge on any atom is 0.326 e. The van der Waals surface area contributed by atoms with Gasteiger partial charge < -0.3 is 112 Å². The average molecular weight is 1240 g/mol. The second kappa shape index (κ2) is 36.7. The zero-order valence-corrected chi connectivity index (χ0v) is 46.9. The molecule has 0 saturated heterocycles. The monoisotopic (exact) mass is 1230 g/mol. The van der Waals surface area contributed by atoms with Gasteiger partial charge in [0, 0.05) is 36.4 Å². The van der Waals surface area contributed by atoms with Gasteiger partial charge in [0.1, 0.15) is 54.4 Å². The maximum atomic E-state index is 14.0. The first-order valence-corrected chi connectivity index (χ1v) is 26.6. The van der Waals surface area contributed by atoms with E-state index >= 15 is 0 Å². The van der Waals surface area contributed by atoms with Crippen molar-refractivity contribution in [2.45, 2.75) is 138 Å². The van der Waals surface area contributed by atoms with Crippen molar-refractivity contribution in [2.75, 3.05) is 26.3 Å². The summed E-state index contributed by atoms with van der Waals surface area (Å²) in [6, 6.07) is -10.8. The molecule has 0 saturated carbocycles. The molecular weight excluding hydrogens is 1160 g/mol. The van der Waals surface area contributed by atoms with Crippen LogP contribution in [-0.4, -0.2) is 212 Å². The van der Waals surface area contributed by atoms with Gasteiger partial charge in [0.05, 0.1) is 45.1 Å². The van der Waals surface area contributed by atoms with Crippen molar-refractivity contribution in [3.05, 3.63) is 36.0 Å². The van der Waals surface area contributed by atoms with Crippen LogP contribution < -0.4 is 81.8 Å². The SMILES string of the molecule is C[C@H](NC(=O)[C@H](CO)NC(=O)CNC(=O)[C@H](CC(N)=O)NC(=O)[C@H](CO)NC(=O)[C@H](CCC(N)=O)NC(=O)[C@H](Cc1c[nH]c2ccccc12)NC(=O)[C@@H](N)CCC(N)=O)C(=O)N[C@@H](CC(=O)O)C(=O)N[C@@H](CC(=O)O)C(=O)N[C@@H](CCCCN)C(=O)O. The number of benzene rings is 1. The summed E-state index contributed by atoms with van der Waals surface area (Å²) in [5.41, 5.74) is 28.3. The van der Waals surface area contributed by atoms with Crippen molar-refractivity contribution in [1.29, 1.82) is 0 Å². The average Bonchev–Trinajstić information content (AvgIpc) is 3.65. The Morgan fingerprint density at radius 3 is 1.49 bits per heavy atom. The fraction of sp³-hybridized carbons (Fsp3) is 0.520. The van der Waals surface area contributed by atoms with E-state index in [1.807, 2.05) is 21.3 Å². The number of aromatic nitrogens is 1. The number of carboxylic acid groups (broad SMARTS) is 3. The van der Waals surface area contributed by atoms with E-state index in [-0.39, 0.29) is 38.6 Å². The summed E-state index contributed by atoms with van der Waals surface area (Å²) in [7, 11) is 0. The van der Waals surface area contributed by atoms with Gasteiger partial charge in [-0.15, -0.1) is 0 Å². The van der Waals surface area contributed by atoms with Crippen LogP contribution in [0.4, 0.5) is 0 Å². The van der Waals surface area contributed by atoms with Crippen molar-refractivity contribution < 1.29 is 102 Å². The molecule has 37 nitrogen and oxygen atoms in total. The number of hydrogen-bond acceptors (Lipinski definition) is 20. The first-order valence-electron chi connectivity index (χ1n) is 26.6. The standard InChI is InChI=1S/C50H74N16O21/c1-22(41(77)62-31(16-39(73)74)47(83)65-32(17-40(75)76)46(82)61-28(50(86)87)8-4-5-13-51)58-48(84)33(20-67)59-38(72)19-57-43(79)30(15-37(55)71)64-49(85)34(21-68)66-44(80)27(10-12-36(54)70)60-45(81)29(63-42(78)25(52)9-11-35(53)69)14-23-18-56-26-7-3-2-6-24(23)26/h2-3,6-7,18,22,25,27-34,56,67-68H,4-5,8-17,19-21,51-52H2,1H3,(H2,53,69)(H2,54,70)(H2,55,71)(H,57,79)(H,58,84)(H,59,72)(H,60,81)(H,61,82)(H,62,77)(H,63,78)(H,64,85)(H,65,83)(H,66,80)(H,73,74)(H,75,76)(H,86,87)/t22-,25-,27-,28-,29-,30-,31-,32-,33-,34-/m0/s1. The molecule has 480 valence electrons. The van der Waals surface area contributed by atoms with Crippen LogP contribution in [0.3, 0.4) is 0 Å². The van der Waals surface area contributed by atoms with E-state index in [1.54, 1.807) is 30.5 Å². The first-order chi connectivity index (χ1) is 40.9. The molecule has 2 aromatic rings. The predicted molar refractivity (Wildman–Crippen MR) is 296 cm³/mol. The largest absolute Gasteiger partial charge is 0.481 e. The molecule has 87 heavy (non-hydrogen) atoms. The Balaban J connectivity index is 2.18. The molecule has 0 radical (unpaired) electrons. The zero-order chi connectivity index (χ0) is 65.7. The molecule has 1 heterocycles. The lowest BCUT2D eigenvalue weighted by atomic mass is 10.0. The molecule has 0 bridgehead atoms. The molecule has 13 amide bonds. The highest BCUT2D eigenvalue weighted by Gasteiger charge is 2.36. The molecule has 1 aromatic carbocycles. The van der Waals surface area contributed by atoms with Crippen molar-refractivity contribution in [2.24, 2.45) is 28.7 Å². The Morgan fingerprint density at radius 1 is 0.494 bits per heavy atom. The molecule has 0 aliphatic heterocycles. The Labute approximate surface area is 493 Å². The molecule has 10 atom stereocenters. The van der Waals surface area contributed by atoms with Crippen LogP contribution in [0.5, 0.6) is 0 Å². The minimum atomic E-state index is -2.06. The van der Waals surface area contributed by atoms with Crippen molar-refractivity contribution >= 4 is 106 Å². The number of aliphatic carboxylic acids is 3. The second-order valence-electron chi connectivity index (χ2n) is 19.5. The first kappa shape index (κ1) is 73.2. The number of aromatic amines is 1. The van der Waals surface area contributed by atoms with Gasteiger partial charge in [-0.05, 0) is 57.2 Å². The third-order valence-corrected chi connectivity index (χ3v) is 12.5. The van der Waals surface area contributed by atoms with Gasteiger partial charge in [-0.25, -0.2) is 4.79 Å². The van der Waals surface area contributed by atoms with Gasteiger partial charge in [0.25, 0.3) is 0 Å². The Hall–Kier alpha value is -9.88. The van der Waals surface area contributed by atoms with Crippen LogP contribution in [0.15, 0.2) is 30.5 Å². The van der Waals surface area contributed by atoms with E-state index in [0.29, 0.717) is 22.9 Å². The van der Waals surface area contributed by atoms with Crippen LogP contribution in [-0.2, 0) is 83.1 Å². The highest BCUT2D eigenvalue weighted by Crippen LogP contribution is 2.20. The highest BCUT2D eigenvalue weighted by atomic mass is 16.4. The van der Waals surface area contributed by atoms with E-state index in [4.69, 9.17) is 28.7 Å². The normalized spacial score (nSPS) is 14.4. The summed E-state index contributed by atoms with van der Waals surface area (Å²) in [4.78, 5) is 206. The number of rotatable bonds is 41. The van der Waals surface area contributed by atoms with Crippen molar-refractivity contribution in [1.82, 2.24) is 58.2 Å². The van der Waals surface area contributed by atoms with Crippen LogP contribution in [0.25, 0.3) is 10.9 Å². The van der Waals surface area contributed by atoms with Crippen molar-refractivity contribution in [3.63, 3.8) is 0 Å². The number of nitrogens with two attached hydrogens (primary N) is 5. The van der Waals surface area contributed by atoms with E-state index < -0.39 is 207 Å². The molecule has 0 unspecified atom stereocenters. The fourth-order valence-corrected chi connectivity index (χ4v) is 7.88. The number of nitrogens with one attached hydrogen (secondary N) is 11. The summed E-state index contributed by atoms with van der Waals surface area (Å²) in [5.74, 6) is -20.1. The smallest absolute Gasteiger partial charge is 0.326 e. The lowest BCUT2D eigenvalue weighted by Crippen LogP contribution is -2.60. The minimum Gasteiger partial charge on any atom is -0.481 e. The van der Waals surface area contributed by atoms with Crippen LogP contribution in [0.2, 0.25) is 0 Å². The van der Waals surface area contributed by atoms with Gasteiger partial charge in [-0.2, -0.15) is 0 Å². The number of hydrogen-bond donors (Lipinski definition) is 21. The molecule has 26 N–H and O–H groups in total. The van der Waals surface area contributed by atoms with Crippen molar-refractivity contribution in [3.8, 4) is 0 Å². The number of unbranched alkanes of at least 4 members (excludes halogenated alkanes) is 1. The predicted octanol–water partition coefficient (Wildman–Crippen LogP) is -9.91. The Kier molecular flexibility index (Phi) is 30.9. The van der Waals surface area contributed by atoms with Gasteiger partial charge in [-0.1, -0.05) is 18.2 Å². The maximum absolute atomic E-state index is 14.0. The summed E-state index contributed by atoms with van der Waals surface area (Å²) in [5, 5.41) is 70.4. The Morgan fingerprint density at radius 2 is 0.954 bits per heavy atom. The zero-order valence-electron chi connectivity index (χ0n) is 46.9. The van der Waals surface area contributed by atoms with Crippen LogP contribution in [0.1, 0.15) is 76.7 Å². The Bertz CT molecular complexity index is 2850. The molecule has 1 aromatic heterocycles. The summed E-state index contributed by atoms with van der Waals surface area (Å²) < 4.78 is 0. The third kappa shape index (κ3) is 26.3. The second-order valence-corrected chi connectivity index (χ2v) is 19.5. The summed E-state index contributed by atoms with van der Waals surface area (Å²) in [6.07, 6.45) is -2.98. The van der Waals surface area contributed by atoms with Gasteiger partial charge >= 0.3 is 17.9 Å². The number of carbonyl (C=O) groups excluding carboxylic acids is 13. The summed E-state index contributed by atoms with van der Waals surface area (Å²) >= 11 is 0. The number of amides is 13. The number of para-hydroxylation sites is 1. The quantitative estimate of drug-likeness (QED) is 0.0275. The highest BCUT2D eigenvalue weighted by molar-refractivity contribution is 6.00. The van der Waals surface area contributed by atoms with E-state index in [2.05, 4.69) is 36.9 Å². The summed E-state index contributed by atoms with van der Waals surface area (Å²) in [6.45, 7) is -2.26. The molecule has 0 fully saturated rings. The molecule has 0 aliphatic rings. The van der Waals surface area contributed by atoms with E-state index in [0.717, 1.165) is 6.92 Å². The van der Waals surface area contributed by atoms with Crippen LogP contribution in [0, 0.1) is 0 Å². The number of primary amides is 3. The fourth-order valence-electron chi connectivity index (χ4n) is 7.88. The lowest BCUT2D eigenvalue weighted by Gasteiger charge is -2.26. The molecule has 0 aliphatic carbocycles. The van der Waals surface area contributed by atoms with Gasteiger partial charge in [0.2, 0.25) is 76.8 Å². The molecule has 0 spiro atoms. The van der Waals surface area contributed by atoms with Crippen LogP contribution >= 0.6 is 0 Å². The van der Waals surface area contributed by atoms with E-state index in [1.165, 1.54) is 0 Å². The number of aliphatic hydroxyl groups excluding tert-OH is 2. The number of carboxylic acids is 3. The topological polar surface area (TPSA) is 640 Å². The molecule has 37 heteroatoms. The van der Waals surface area contributed by atoms with Gasteiger partial charge in [0.15, 0.2) is 0 Å². The number of H-pyrrole nitrogens is 1.